The molecule has 2 aromatic rings. The van der Waals surface area contributed by atoms with Gasteiger partial charge in [0.1, 0.15) is 5.82 Å². The van der Waals surface area contributed by atoms with Crippen molar-refractivity contribution >= 4 is 23.6 Å². The standard InChI is InChI=1S/C19H27N5O2S/c1-4-14(15-8-6-5-7-9-15)12-21-18(26)13(2)27-19-23-22-17(24(19)3)11-10-16(20)25/h5-9,13-14H,4,10-12H2,1-3H3,(H2,20,25)(H,21,26)/t13-,14-/m0/s1. The number of nitrogens with two attached hydrogens (primary N) is 1. The minimum absolute atomic E-state index is 0.0314. The summed E-state index contributed by atoms with van der Waals surface area (Å²) in [6.07, 6.45) is 1.62. The largest absolute Gasteiger partial charge is 0.370 e. The van der Waals surface area contributed by atoms with Gasteiger partial charge in [0.05, 0.1) is 5.25 Å². The third-order valence-corrected chi connectivity index (χ3v) is 5.59. The van der Waals surface area contributed by atoms with Crippen LogP contribution < -0.4 is 11.1 Å². The summed E-state index contributed by atoms with van der Waals surface area (Å²) in [5.74, 6) is 0.571. The number of hydrogen-bond donors (Lipinski definition) is 2. The zero-order valence-corrected chi connectivity index (χ0v) is 16.8. The first-order valence-corrected chi connectivity index (χ1v) is 9.96. The average Bonchev–Trinajstić information content (AvgIpc) is 3.00. The lowest BCUT2D eigenvalue weighted by Gasteiger charge is -2.18. The maximum Gasteiger partial charge on any atom is 0.233 e. The summed E-state index contributed by atoms with van der Waals surface area (Å²) in [5, 5.41) is 11.6. The summed E-state index contributed by atoms with van der Waals surface area (Å²) >= 11 is 1.35. The maximum absolute atomic E-state index is 12.5. The molecule has 7 nitrogen and oxygen atoms in total. The van der Waals surface area contributed by atoms with E-state index in [-0.39, 0.29) is 23.5 Å². The molecule has 8 heteroatoms. The first-order chi connectivity index (χ1) is 12.9. The summed E-state index contributed by atoms with van der Waals surface area (Å²) in [5.41, 5.74) is 6.40. The lowest BCUT2D eigenvalue weighted by Crippen LogP contribution is -2.34. The van der Waals surface area contributed by atoms with Gasteiger partial charge in [-0.05, 0) is 18.9 Å². The van der Waals surface area contributed by atoms with E-state index in [0.717, 1.165) is 6.42 Å². The van der Waals surface area contributed by atoms with E-state index in [9.17, 15) is 9.59 Å². The zero-order chi connectivity index (χ0) is 19.8. The molecular weight excluding hydrogens is 362 g/mol. The van der Waals surface area contributed by atoms with Crippen LogP contribution in [0.25, 0.3) is 0 Å². The highest BCUT2D eigenvalue weighted by atomic mass is 32.2. The summed E-state index contributed by atoms with van der Waals surface area (Å²) in [7, 11) is 1.83. The molecule has 1 heterocycles. The highest BCUT2D eigenvalue weighted by Gasteiger charge is 2.20. The second kappa shape index (κ2) is 10.1. The topological polar surface area (TPSA) is 103 Å². The van der Waals surface area contributed by atoms with Crippen LogP contribution >= 0.6 is 11.8 Å². The molecule has 2 rings (SSSR count). The Kier molecular flexibility index (Phi) is 7.84. The van der Waals surface area contributed by atoms with Crippen molar-refractivity contribution in [3.63, 3.8) is 0 Å². The highest BCUT2D eigenvalue weighted by molar-refractivity contribution is 8.00. The Morgan fingerprint density at radius 2 is 1.96 bits per heavy atom. The van der Waals surface area contributed by atoms with E-state index in [1.54, 1.807) is 4.57 Å². The highest BCUT2D eigenvalue weighted by Crippen LogP contribution is 2.23. The van der Waals surface area contributed by atoms with Crippen molar-refractivity contribution in [3.05, 3.63) is 41.7 Å². The quantitative estimate of drug-likeness (QED) is 0.605. The third kappa shape index (κ3) is 6.09. The fraction of sp³-hybridized carbons (Fsp3) is 0.474. The number of benzene rings is 1. The van der Waals surface area contributed by atoms with Crippen LogP contribution in [0, 0.1) is 0 Å². The molecule has 3 N–H and O–H groups in total. The Labute approximate surface area is 164 Å². The number of thioether (sulfide) groups is 1. The molecule has 2 amide bonds. The second-order valence-corrected chi connectivity index (χ2v) is 7.75. The number of amides is 2. The van der Waals surface area contributed by atoms with E-state index in [2.05, 4.69) is 34.6 Å². The Hall–Kier alpha value is -2.35. The molecule has 0 bridgehead atoms. The van der Waals surface area contributed by atoms with Crippen LogP contribution in [0.2, 0.25) is 0 Å². The normalized spacial score (nSPS) is 13.1. The molecule has 2 atom stereocenters. The Morgan fingerprint density at radius 3 is 2.59 bits per heavy atom. The van der Waals surface area contributed by atoms with Crippen molar-refractivity contribution in [1.82, 2.24) is 20.1 Å². The van der Waals surface area contributed by atoms with Gasteiger partial charge in [-0.1, -0.05) is 49.0 Å². The number of nitrogens with one attached hydrogen (secondary N) is 1. The molecule has 0 unspecified atom stereocenters. The second-order valence-electron chi connectivity index (χ2n) is 6.45. The summed E-state index contributed by atoms with van der Waals surface area (Å²) < 4.78 is 1.80. The molecular formula is C19H27N5O2S. The van der Waals surface area contributed by atoms with E-state index >= 15 is 0 Å². The van der Waals surface area contributed by atoms with Crippen LogP contribution in [0.1, 0.15) is 44.0 Å². The van der Waals surface area contributed by atoms with Gasteiger partial charge in [-0.25, -0.2) is 0 Å². The summed E-state index contributed by atoms with van der Waals surface area (Å²) in [6, 6.07) is 10.2. The monoisotopic (exact) mass is 389 g/mol. The molecule has 0 radical (unpaired) electrons. The summed E-state index contributed by atoms with van der Waals surface area (Å²) in [4.78, 5) is 23.4. The maximum atomic E-state index is 12.5. The van der Waals surface area contributed by atoms with Crippen LogP contribution in [0.15, 0.2) is 35.5 Å². The van der Waals surface area contributed by atoms with E-state index < -0.39 is 0 Å². The van der Waals surface area contributed by atoms with Crippen LogP contribution in [0.4, 0.5) is 0 Å². The fourth-order valence-corrected chi connectivity index (χ4v) is 3.56. The number of aryl methyl sites for hydroxylation is 1. The van der Waals surface area contributed by atoms with E-state index in [4.69, 9.17) is 5.73 Å². The van der Waals surface area contributed by atoms with E-state index in [1.807, 2.05) is 32.2 Å². The first-order valence-electron chi connectivity index (χ1n) is 9.08. The lowest BCUT2D eigenvalue weighted by molar-refractivity contribution is -0.120. The summed E-state index contributed by atoms with van der Waals surface area (Å²) in [6.45, 7) is 4.57. The van der Waals surface area contributed by atoms with E-state index in [1.165, 1.54) is 17.3 Å². The first kappa shape index (κ1) is 21.0. The van der Waals surface area contributed by atoms with Crippen molar-refractivity contribution in [2.45, 2.75) is 49.4 Å². The molecule has 27 heavy (non-hydrogen) atoms. The number of aromatic nitrogens is 3. The fourth-order valence-electron chi connectivity index (χ4n) is 2.70. The number of hydrogen-bond acceptors (Lipinski definition) is 5. The van der Waals surface area contributed by atoms with Crippen molar-refractivity contribution in [1.29, 1.82) is 0 Å². The van der Waals surface area contributed by atoms with Crippen molar-refractivity contribution in [2.24, 2.45) is 12.8 Å². The molecule has 0 fully saturated rings. The zero-order valence-electron chi connectivity index (χ0n) is 16.0. The van der Waals surface area contributed by atoms with Crippen molar-refractivity contribution in [2.75, 3.05) is 6.54 Å². The molecule has 0 spiro atoms. The molecule has 146 valence electrons. The Balaban J connectivity index is 1.89. The van der Waals surface area contributed by atoms with Crippen LogP contribution in [0.5, 0.6) is 0 Å². The third-order valence-electron chi connectivity index (χ3n) is 4.46. The van der Waals surface area contributed by atoms with Gasteiger partial charge >= 0.3 is 0 Å². The predicted molar refractivity (Wildman–Crippen MR) is 106 cm³/mol. The van der Waals surface area contributed by atoms with Crippen molar-refractivity contribution in [3.8, 4) is 0 Å². The van der Waals surface area contributed by atoms with E-state index in [0.29, 0.717) is 29.9 Å². The Morgan fingerprint density at radius 1 is 1.26 bits per heavy atom. The number of rotatable bonds is 10. The predicted octanol–water partition coefficient (Wildman–Crippen LogP) is 2.02. The van der Waals surface area contributed by atoms with Gasteiger partial charge in [0.15, 0.2) is 5.16 Å². The van der Waals surface area contributed by atoms with Gasteiger partial charge in [-0.3, -0.25) is 9.59 Å². The minimum atomic E-state index is -0.371. The molecule has 1 aromatic carbocycles. The number of primary amides is 1. The van der Waals surface area contributed by atoms with Gasteiger partial charge in [0, 0.05) is 32.4 Å². The minimum Gasteiger partial charge on any atom is -0.370 e. The molecule has 0 saturated carbocycles. The number of nitrogens with zero attached hydrogens (tertiary/aromatic N) is 3. The number of carbonyl (C=O) groups is 2. The van der Waals surface area contributed by atoms with Crippen LogP contribution in [-0.2, 0) is 23.1 Å². The van der Waals surface area contributed by atoms with Gasteiger partial charge in [-0.2, -0.15) is 0 Å². The van der Waals surface area contributed by atoms with Crippen LogP contribution in [-0.4, -0.2) is 38.4 Å². The molecule has 0 aliphatic rings. The molecule has 0 saturated heterocycles. The smallest absolute Gasteiger partial charge is 0.233 e. The lowest BCUT2D eigenvalue weighted by atomic mass is 9.96. The SMILES string of the molecule is CC[C@@H](CNC(=O)[C@H](C)Sc1nnc(CCC(N)=O)n1C)c1ccccc1. The molecule has 0 aliphatic carbocycles. The van der Waals surface area contributed by atoms with Gasteiger partial charge in [0.2, 0.25) is 11.8 Å². The van der Waals surface area contributed by atoms with Crippen molar-refractivity contribution < 1.29 is 9.59 Å². The van der Waals surface area contributed by atoms with Gasteiger partial charge < -0.3 is 15.6 Å². The van der Waals surface area contributed by atoms with Gasteiger partial charge in [-0.15, -0.1) is 10.2 Å². The molecule has 1 aromatic heterocycles. The average molecular weight is 390 g/mol. The number of carbonyl (C=O) groups excluding carboxylic acids is 2. The molecule has 0 aliphatic heterocycles. The van der Waals surface area contributed by atoms with Gasteiger partial charge in [0.25, 0.3) is 0 Å². The Bertz CT molecular complexity index is 763. The van der Waals surface area contributed by atoms with Crippen LogP contribution in [0.3, 0.4) is 0 Å².